The molecule has 304 valence electrons. The Labute approximate surface area is 342 Å². The van der Waals surface area contributed by atoms with Gasteiger partial charge in [-0.25, -0.2) is 29.3 Å². The molecule has 2 atom stereocenters. The molecule has 0 bridgehead atoms. The highest BCUT2D eigenvalue weighted by Crippen LogP contribution is 2.27. The number of morpholine rings is 1. The van der Waals surface area contributed by atoms with Crippen LogP contribution in [0.25, 0.3) is 44.5 Å². The van der Waals surface area contributed by atoms with Gasteiger partial charge >= 0.3 is 0 Å². The maximum atomic E-state index is 13.7. The first-order valence-electron chi connectivity index (χ1n) is 20.0. The number of aromatic nitrogens is 11. The van der Waals surface area contributed by atoms with Crippen molar-refractivity contribution in [2.45, 2.75) is 38.1 Å². The molecule has 1 N–H and O–H groups in total. The van der Waals surface area contributed by atoms with Gasteiger partial charge in [0.2, 0.25) is 17.5 Å². The van der Waals surface area contributed by atoms with Gasteiger partial charge in [0.05, 0.1) is 54.6 Å². The van der Waals surface area contributed by atoms with Crippen molar-refractivity contribution in [3.63, 3.8) is 0 Å². The summed E-state index contributed by atoms with van der Waals surface area (Å²) in [6.45, 7) is 6.18. The van der Waals surface area contributed by atoms with Crippen LogP contribution in [0.1, 0.15) is 24.4 Å². The number of imide groups is 1. The zero-order valence-corrected chi connectivity index (χ0v) is 32.8. The molecule has 0 radical (unpaired) electrons. The van der Waals surface area contributed by atoms with Crippen LogP contribution >= 0.6 is 0 Å². The number of aryl methyl sites for hydroxylation is 1. The molecule has 0 aliphatic carbocycles. The minimum atomic E-state index is -0.809. The van der Waals surface area contributed by atoms with Crippen LogP contribution < -0.4 is 20.7 Å². The number of hydrogen-bond donors (Lipinski definition) is 1. The lowest BCUT2D eigenvalue weighted by molar-refractivity contribution is -0.136. The van der Waals surface area contributed by atoms with Crippen LogP contribution in [0.5, 0.6) is 0 Å². The summed E-state index contributed by atoms with van der Waals surface area (Å²) in [6.07, 6.45) is 10.9. The Morgan fingerprint density at radius 3 is 2.45 bits per heavy atom. The second kappa shape index (κ2) is 15.6. The maximum absolute atomic E-state index is 13.7. The Hall–Kier alpha value is -6.99. The summed E-state index contributed by atoms with van der Waals surface area (Å²) in [5, 5.41) is 20.7. The maximum Gasteiger partial charge on any atom is 0.277 e. The highest BCUT2D eigenvalue weighted by molar-refractivity contribution is 6.00. The van der Waals surface area contributed by atoms with E-state index in [0.29, 0.717) is 54.6 Å². The van der Waals surface area contributed by atoms with Gasteiger partial charge in [0, 0.05) is 94.4 Å². The van der Waals surface area contributed by atoms with E-state index in [1.54, 1.807) is 28.0 Å². The summed E-state index contributed by atoms with van der Waals surface area (Å²) in [4.78, 5) is 63.5. The average Bonchev–Trinajstić information content (AvgIpc) is 3.90. The fourth-order valence-corrected chi connectivity index (χ4v) is 8.21. The van der Waals surface area contributed by atoms with Crippen LogP contribution in [0.2, 0.25) is 0 Å². The second-order valence-corrected chi connectivity index (χ2v) is 15.3. The number of carbonyl (C=O) groups excluding carboxylic acids is 2. The number of ether oxygens (including phenoxy) is 1. The number of carbonyl (C=O) groups is 2. The van der Waals surface area contributed by atoms with Gasteiger partial charge in [0.25, 0.3) is 11.5 Å². The Bertz CT molecular complexity index is 2780. The zero-order chi connectivity index (χ0) is 40.7. The van der Waals surface area contributed by atoms with E-state index in [4.69, 9.17) is 14.7 Å². The molecule has 19 nitrogen and oxygen atoms in total. The van der Waals surface area contributed by atoms with Gasteiger partial charge in [-0.1, -0.05) is 41.6 Å². The largest absolute Gasteiger partial charge is 0.373 e. The van der Waals surface area contributed by atoms with Crippen LogP contribution in [0.15, 0.2) is 84.4 Å². The molecule has 3 aliphatic rings. The van der Waals surface area contributed by atoms with E-state index in [1.165, 1.54) is 10.2 Å². The van der Waals surface area contributed by atoms with Gasteiger partial charge in [-0.05, 0) is 23.6 Å². The molecule has 3 aliphatic heterocycles. The predicted molar refractivity (Wildman–Crippen MR) is 220 cm³/mol. The number of hydrogen-bond acceptors (Lipinski definition) is 15. The summed E-state index contributed by atoms with van der Waals surface area (Å²) in [5.41, 5.74) is 6.30. The van der Waals surface area contributed by atoms with Gasteiger partial charge < -0.3 is 14.5 Å². The van der Waals surface area contributed by atoms with Crippen molar-refractivity contribution in [2.75, 3.05) is 55.7 Å². The number of benzene rings is 2. The smallest absolute Gasteiger partial charge is 0.277 e. The molecule has 2 amide bonds. The van der Waals surface area contributed by atoms with E-state index < -0.39 is 11.9 Å². The van der Waals surface area contributed by atoms with Crippen LogP contribution in [0, 0.1) is 0 Å². The Kier molecular flexibility index (Phi) is 9.72. The van der Waals surface area contributed by atoms with E-state index in [0.717, 1.165) is 60.5 Å². The van der Waals surface area contributed by atoms with E-state index in [9.17, 15) is 14.4 Å². The van der Waals surface area contributed by atoms with E-state index in [2.05, 4.69) is 74.8 Å². The normalized spacial score (nSPS) is 19.0. The van der Waals surface area contributed by atoms with Gasteiger partial charge in [0.15, 0.2) is 5.65 Å². The summed E-state index contributed by atoms with van der Waals surface area (Å²) in [7, 11) is 1.86. The zero-order valence-electron chi connectivity index (χ0n) is 32.8. The monoisotopic (exact) mass is 807 g/mol. The molecule has 0 saturated carbocycles. The summed E-state index contributed by atoms with van der Waals surface area (Å²) in [5.74, 6) is -0.178. The van der Waals surface area contributed by atoms with Crippen LogP contribution in [0.3, 0.4) is 0 Å². The molecule has 0 spiro atoms. The van der Waals surface area contributed by atoms with Gasteiger partial charge in [-0.2, -0.15) is 10.2 Å². The molecule has 5 aromatic heterocycles. The van der Waals surface area contributed by atoms with Crippen molar-refractivity contribution in [1.82, 2.24) is 64.7 Å². The van der Waals surface area contributed by atoms with Gasteiger partial charge in [-0.15, -0.1) is 5.10 Å². The molecule has 8 heterocycles. The Morgan fingerprint density at radius 1 is 0.833 bits per heavy atom. The van der Waals surface area contributed by atoms with Crippen LogP contribution in [0.4, 0.5) is 11.6 Å². The van der Waals surface area contributed by atoms with Crippen molar-refractivity contribution in [1.29, 1.82) is 0 Å². The number of anilines is 2. The molecule has 1 unspecified atom stereocenters. The fourth-order valence-electron chi connectivity index (χ4n) is 8.21. The van der Waals surface area contributed by atoms with E-state index in [1.807, 2.05) is 43.8 Å². The predicted octanol–water partition coefficient (Wildman–Crippen LogP) is 1.99. The number of amides is 2. The summed E-state index contributed by atoms with van der Waals surface area (Å²) in [6, 6.07) is 13.5. The summed E-state index contributed by atoms with van der Waals surface area (Å²) < 4.78 is 10.8. The number of rotatable bonds is 9. The lowest BCUT2D eigenvalue weighted by Crippen LogP contribution is -2.47. The number of fused-ring (bicyclic) bond motifs is 2. The lowest BCUT2D eigenvalue weighted by atomic mass is 10.1. The minimum Gasteiger partial charge on any atom is -0.373 e. The number of nitrogens with zero attached hydrogens (tertiary/aromatic N) is 14. The molecular weight excluding hydrogens is 767 g/mol. The van der Waals surface area contributed by atoms with Gasteiger partial charge in [0.1, 0.15) is 6.04 Å². The third-order valence-electron chi connectivity index (χ3n) is 11.4. The molecule has 7 aromatic rings. The minimum absolute atomic E-state index is 0.164. The Balaban J connectivity index is 0.743. The molecule has 3 saturated heterocycles. The molecular formula is C41H41N15O4. The molecule has 2 aromatic carbocycles. The highest BCUT2D eigenvalue weighted by atomic mass is 16.5. The van der Waals surface area contributed by atoms with E-state index >= 15 is 0 Å². The average molecular weight is 808 g/mol. The number of nitrogens with one attached hydrogen (secondary N) is 1. The molecule has 60 heavy (non-hydrogen) atoms. The van der Waals surface area contributed by atoms with Crippen molar-refractivity contribution >= 4 is 45.5 Å². The number of piperidine rings is 1. The number of piperazine rings is 1. The molecule has 19 heteroatoms. The third-order valence-corrected chi connectivity index (χ3v) is 11.4. The first-order valence-corrected chi connectivity index (χ1v) is 20.0. The second-order valence-electron chi connectivity index (χ2n) is 15.3. The standard InChI is InChI=1S/C41H41N15O4/c1-51-23-30(20-45-51)32-21-42-38-37(47-32)49-50-55(38)25-31-24-54(15-16-60-31)41-43-17-29(18-44-41)27-7-5-26(6-8-27)22-52-11-13-53(14-12-52)33-4-2-3-28-19-46-56(40(59)36(28)33)34-9-10-35(57)48-39(34)58/h2-8,17-21,23,31,34H,9-16,22,24-25H2,1H3,(H,48,57,58)/t31-,34?/m0/s1. The highest BCUT2D eigenvalue weighted by Gasteiger charge is 2.31. The van der Waals surface area contributed by atoms with Crippen molar-refractivity contribution < 1.29 is 14.3 Å². The molecule has 10 rings (SSSR count). The van der Waals surface area contributed by atoms with Crippen LogP contribution in [-0.2, 0) is 34.5 Å². The van der Waals surface area contributed by atoms with Crippen LogP contribution in [-0.4, -0.2) is 123 Å². The first-order chi connectivity index (χ1) is 29.3. The van der Waals surface area contributed by atoms with E-state index in [-0.39, 0.29) is 30.4 Å². The summed E-state index contributed by atoms with van der Waals surface area (Å²) >= 11 is 0. The lowest BCUT2D eigenvalue weighted by Gasteiger charge is -2.36. The van der Waals surface area contributed by atoms with Crippen molar-refractivity contribution in [3.05, 3.63) is 95.6 Å². The third kappa shape index (κ3) is 7.32. The van der Waals surface area contributed by atoms with Gasteiger partial charge in [-0.3, -0.25) is 29.3 Å². The van der Waals surface area contributed by atoms with Crippen molar-refractivity contribution in [2.24, 2.45) is 7.05 Å². The SMILES string of the molecule is Cn1cc(-c2cnc3c(nnn3C[C@@H]3CN(c4ncc(-c5ccc(CN6CCN(c7cccc8cnn(C9CCC(=O)NC9=O)c(=O)c78)CC6)cc5)cn4)CCO3)n2)cn1. The topological polar surface area (TPSA) is 200 Å². The Morgan fingerprint density at radius 2 is 1.67 bits per heavy atom. The first kappa shape index (κ1) is 37.3. The molecule has 3 fully saturated rings. The van der Waals surface area contributed by atoms with Crippen molar-refractivity contribution in [3.8, 4) is 22.4 Å². The fraction of sp³-hybridized carbons (Fsp3) is 0.341. The quantitative estimate of drug-likeness (QED) is 0.208.